The fourth-order valence-corrected chi connectivity index (χ4v) is 8.92. The van der Waals surface area contributed by atoms with E-state index in [4.69, 9.17) is 27.6 Å². The largest absolute Gasteiger partial charge is 0.417 e. The number of likely N-dealkylation sites (tertiary alicyclic amines) is 1. The van der Waals surface area contributed by atoms with Gasteiger partial charge in [-0.25, -0.2) is 0 Å². The highest BCUT2D eigenvalue weighted by Gasteiger charge is 2.51. The first-order valence-corrected chi connectivity index (χ1v) is 26.3. The average Bonchev–Trinajstić information content (AvgIpc) is 3.92. The number of ether oxygens (including phenoxy) is 1. The van der Waals surface area contributed by atoms with Crippen molar-refractivity contribution in [1.29, 1.82) is 10.7 Å². The molecule has 2 saturated heterocycles. The minimum atomic E-state index is -4.72. The molecule has 400 valence electrons. The van der Waals surface area contributed by atoms with Crippen LogP contribution in [0.5, 0.6) is 0 Å². The van der Waals surface area contributed by atoms with Crippen LogP contribution in [-0.2, 0) is 36.6 Å². The van der Waals surface area contributed by atoms with Crippen molar-refractivity contribution in [3.63, 3.8) is 0 Å². The topological polar surface area (TPSA) is 159 Å². The van der Waals surface area contributed by atoms with Crippen LogP contribution in [0.25, 0.3) is 0 Å². The molecule has 16 heteroatoms. The summed E-state index contributed by atoms with van der Waals surface area (Å²) in [5.74, 6) is -0.253. The van der Waals surface area contributed by atoms with Crippen molar-refractivity contribution in [2.75, 3.05) is 29.6 Å². The number of unbranched alkanes of at least 4 members (excludes halogenated alkanes) is 6. The molecule has 73 heavy (non-hydrogen) atoms. The van der Waals surface area contributed by atoms with E-state index in [0.717, 1.165) is 58.9 Å². The van der Waals surface area contributed by atoms with Crippen molar-refractivity contribution in [2.45, 2.75) is 177 Å². The van der Waals surface area contributed by atoms with Crippen LogP contribution in [0, 0.1) is 35.0 Å². The predicted molar refractivity (Wildman–Crippen MR) is 289 cm³/mol. The van der Waals surface area contributed by atoms with E-state index in [0.29, 0.717) is 31.8 Å². The number of nitrogens with zero attached hydrogens (tertiary/aromatic N) is 4. The number of nitriles is 1. The summed E-state index contributed by atoms with van der Waals surface area (Å²) in [5.41, 5.74) is 0.172. The van der Waals surface area contributed by atoms with Crippen molar-refractivity contribution < 1.29 is 37.1 Å². The maximum absolute atomic E-state index is 13.4. The Morgan fingerprint density at radius 1 is 0.932 bits per heavy atom. The third kappa shape index (κ3) is 18.3. The molecule has 0 aromatic heterocycles. The number of rotatable bonds is 21. The average molecular weight is 1030 g/mol. The normalized spacial score (nSPS) is 16.1. The molecule has 3 atom stereocenters. The van der Waals surface area contributed by atoms with Gasteiger partial charge in [0.15, 0.2) is 5.11 Å². The van der Waals surface area contributed by atoms with Gasteiger partial charge in [-0.2, -0.15) is 18.4 Å². The van der Waals surface area contributed by atoms with E-state index >= 15 is 0 Å². The van der Waals surface area contributed by atoms with Crippen LogP contribution in [0.1, 0.15) is 167 Å². The molecule has 4 amide bonds. The van der Waals surface area contributed by atoms with Gasteiger partial charge in [-0.3, -0.25) is 24.1 Å². The number of aryl methyl sites for hydroxylation is 1. The van der Waals surface area contributed by atoms with E-state index in [2.05, 4.69) is 31.4 Å². The second-order valence-electron chi connectivity index (χ2n) is 20.6. The highest BCUT2D eigenvalue weighted by Crippen LogP contribution is 2.40. The highest BCUT2D eigenvalue weighted by atomic mass is 32.1. The Morgan fingerprint density at radius 3 is 2.12 bits per heavy atom. The van der Waals surface area contributed by atoms with Gasteiger partial charge in [-0.1, -0.05) is 148 Å². The Kier molecular flexibility index (Phi) is 24.7. The number of hydrogen-bond acceptors (Lipinski definition) is 8. The quantitative estimate of drug-likeness (QED) is 0.0540. The number of anilines is 2. The molecule has 2 fully saturated rings. The van der Waals surface area contributed by atoms with Gasteiger partial charge in [0.2, 0.25) is 17.7 Å². The van der Waals surface area contributed by atoms with Crippen LogP contribution in [0.3, 0.4) is 0 Å². The zero-order chi connectivity index (χ0) is 54.5. The Hall–Kier alpha value is -5.66. The first kappa shape index (κ1) is 61.6. The number of carbonyl (C=O) groups is 4. The van der Waals surface area contributed by atoms with Crippen molar-refractivity contribution in [2.24, 2.45) is 11.3 Å². The van der Waals surface area contributed by atoms with Gasteiger partial charge in [-0.15, -0.1) is 0 Å². The Bertz CT molecular complexity index is 2330. The summed E-state index contributed by atoms with van der Waals surface area (Å²) in [6.45, 7) is 21.2. The molecule has 0 saturated carbocycles. The molecule has 3 unspecified atom stereocenters. The number of thiocarbonyl (C=S) groups is 1. The minimum Gasteiger partial charge on any atom is -0.372 e. The molecular formula is C57H80F3N7O5S. The zero-order valence-electron chi connectivity index (χ0n) is 44.8. The Balaban J connectivity index is 0.000000318. The zero-order valence-corrected chi connectivity index (χ0v) is 45.7. The summed E-state index contributed by atoms with van der Waals surface area (Å²) in [6.07, 6.45) is 11.2. The molecule has 0 aliphatic carbocycles. The summed E-state index contributed by atoms with van der Waals surface area (Å²) in [6, 6.07) is 18.1. The van der Waals surface area contributed by atoms with Gasteiger partial charge in [0.1, 0.15) is 24.2 Å². The highest BCUT2D eigenvalue weighted by molar-refractivity contribution is 7.81. The second-order valence-corrected chi connectivity index (χ2v) is 21.0. The Labute approximate surface area is 438 Å². The van der Waals surface area contributed by atoms with E-state index in [-0.39, 0.29) is 35.1 Å². The molecule has 3 N–H and O–H groups in total. The fourth-order valence-electron chi connectivity index (χ4n) is 8.40. The molecule has 2 aliphatic heterocycles. The second kappa shape index (κ2) is 29.3. The molecule has 3 aromatic carbocycles. The van der Waals surface area contributed by atoms with Crippen molar-refractivity contribution in [3.05, 3.63) is 94.5 Å². The molecule has 0 spiro atoms. The lowest BCUT2D eigenvalue weighted by molar-refractivity contribution is -0.144. The summed E-state index contributed by atoms with van der Waals surface area (Å²) in [4.78, 5) is 56.1. The van der Waals surface area contributed by atoms with Gasteiger partial charge in [0.25, 0.3) is 5.91 Å². The smallest absolute Gasteiger partial charge is 0.372 e. The van der Waals surface area contributed by atoms with E-state index in [1.54, 1.807) is 35.8 Å². The van der Waals surface area contributed by atoms with Crippen LogP contribution < -0.4 is 20.4 Å². The van der Waals surface area contributed by atoms with Crippen LogP contribution in [-0.4, -0.2) is 77.2 Å². The maximum atomic E-state index is 13.4. The third-order valence-electron chi connectivity index (χ3n) is 13.1. The van der Waals surface area contributed by atoms with Gasteiger partial charge < -0.3 is 30.6 Å². The molecule has 12 nitrogen and oxygen atoms in total. The number of benzene rings is 3. The number of halogens is 3. The summed E-state index contributed by atoms with van der Waals surface area (Å²) in [7, 11) is 0. The number of carbonyl (C=O) groups excluding carboxylic acids is 4. The molecule has 0 bridgehead atoms. The van der Waals surface area contributed by atoms with Gasteiger partial charge in [-0.05, 0) is 105 Å². The lowest BCUT2D eigenvalue weighted by Crippen LogP contribution is -2.58. The minimum absolute atomic E-state index is 0.0241. The predicted octanol–water partition coefficient (Wildman–Crippen LogP) is 12.2. The number of nitrogens with one attached hydrogen (secondary N) is 3. The van der Waals surface area contributed by atoms with E-state index in [1.165, 1.54) is 69.7 Å². The van der Waals surface area contributed by atoms with Crippen molar-refractivity contribution in [3.8, 4) is 6.07 Å². The monoisotopic (exact) mass is 1030 g/mol. The molecule has 3 aromatic rings. The molecule has 0 radical (unpaired) electrons. The van der Waals surface area contributed by atoms with E-state index in [9.17, 15) is 32.3 Å². The summed E-state index contributed by atoms with van der Waals surface area (Å²) in [5, 5.41) is 22.1. The molecular weight excluding hydrogens is 952 g/mol. The van der Waals surface area contributed by atoms with Crippen LogP contribution in [0.15, 0.2) is 66.7 Å². The number of hydrogen-bond donors (Lipinski definition) is 3. The van der Waals surface area contributed by atoms with E-state index in [1.807, 2.05) is 71.0 Å². The fraction of sp³-hybridized carbons (Fsp3) is 0.561. The molecule has 5 rings (SSSR count). The lowest BCUT2D eigenvalue weighted by atomic mass is 9.85. The van der Waals surface area contributed by atoms with E-state index < -0.39 is 46.2 Å². The van der Waals surface area contributed by atoms with Gasteiger partial charge in [0, 0.05) is 31.6 Å². The maximum Gasteiger partial charge on any atom is 0.417 e. The third-order valence-corrected chi connectivity index (χ3v) is 13.5. The lowest BCUT2D eigenvalue weighted by Gasteiger charge is -2.35. The molecule has 2 heterocycles. The first-order valence-electron chi connectivity index (χ1n) is 25.9. The van der Waals surface area contributed by atoms with Crippen LogP contribution in [0.2, 0.25) is 0 Å². The van der Waals surface area contributed by atoms with Crippen molar-refractivity contribution >= 4 is 58.5 Å². The first-order chi connectivity index (χ1) is 34.5. The standard InChI is InChI=1S/C25H38N4O4.C20H16F3N3OS.C12H26/c1-5-6-14-33-17-21(30)28-22(25(2,3)4)24(32)29-13-7-8-20(29)23(31)27-16-19-11-9-18(15-26)10-12-19;1-12-4-7-14(8-5-12)26-18(28)25(17(27)19(26,2)3)15-9-6-13(11-24)16(10-15)20(21,22)23;1-4-6-7-8-9-10-11-12(3)5-2/h9-12,15,20,22,26H,5-8,13-14,16-17H2,1-4H3,(H,27,31)(H,28,30);4-10H,1-3H3;12H,4-11H2,1-3H3. The van der Waals surface area contributed by atoms with Crippen LogP contribution >= 0.6 is 12.2 Å². The summed E-state index contributed by atoms with van der Waals surface area (Å²) >= 11 is 5.47. The van der Waals surface area contributed by atoms with Gasteiger partial charge >= 0.3 is 6.18 Å². The van der Waals surface area contributed by atoms with Gasteiger partial charge in [0.05, 0.1) is 22.9 Å². The van der Waals surface area contributed by atoms with Crippen LogP contribution in [0.4, 0.5) is 24.5 Å². The molecule has 2 aliphatic rings. The number of alkyl halides is 3. The summed E-state index contributed by atoms with van der Waals surface area (Å²) < 4.78 is 45.4. The van der Waals surface area contributed by atoms with Crippen molar-refractivity contribution in [1.82, 2.24) is 15.5 Å². The number of amides is 4. The Morgan fingerprint density at radius 2 is 1.55 bits per heavy atom. The SMILES string of the molecule is CCCCCCCCC(C)CC.CCCCOCC(=O)NC(C(=O)N1CCCC1C(=O)NCc1ccc(C=N)cc1)C(C)(C)C.Cc1ccc(N2C(=S)N(c3ccc(C#N)c(C(F)(F)F)c3)C(=O)C2(C)C)cc1.